The van der Waals surface area contributed by atoms with Crippen LogP contribution < -0.4 is 0 Å². The number of rotatable bonds is 6. The Kier molecular flexibility index (Phi) is 8.52. The molecule has 3 aromatic carbocycles. The smallest absolute Gasteiger partial charge is 0.271 e. The van der Waals surface area contributed by atoms with Crippen molar-refractivity contribution in [2.45, 2.75) is 37.5 Å². The normalized spacial score (nSPS) is 18.9. The fourth-order valence-corrected chi connectivity index (χ4v) is 6.85. The number of para-hydroxylation sites is 1. The highest BCUT2D eigenvalue weighted by Crippen LogP contribution is 2.38. The fraction of sp³-hybridized carbons (Fsp3) is 0.344. The van der Waals surface area contributed by atoms with Crippen LogP contribution >= 0.6 is 0 Å². The van der Waals surface area contributed by atoms with Crippen LogP contribution in [0.5, 0.6) is 0 Å². The average Bonchev–Trinajstić information content (AvgIpc) is 3.28. The lowest BCUT2D eigenvalue weighted by Crippen LogP contribution is -2.48. The van der Waals surface area contributed by atoms with Crippen LogP contribution in [0, 0.1) is 11.7 Å². The number of halogens is 1. The largest absolute Gasteiger partial charge is 0.394 e. The summed E-state index contributed by atoms with van der Waals surface area (Å²) in [6, 6.07) is 19.8. The number of hydrogen-bond donors (Lipinski definition) is 1. The molecule has 8 nitrogen and oxygen atoms in total. The van der Waals surface area contributed by atoms with Gasteiger partial charge in [0.2, 0.25) is 10.0 Å². The second kappa shape index (κ2) is 12.0. The number of carbonyl (C=O) groups is 1. The third-order valence-corrected chi connectivity index (χ3v) is 10.0. The standard InChI is InChI=1S/C32H36FN3O5S/c1-21-17-36(22(2)19-37)32(38)31-30(27-11-7-8-12-28(27)35(31)4)26-10-6-5-9-23(26)20-41-29(21)18-34(3)42(39,40)25-15-13-24(33)14-16-25/h5-16,21-22,29,37H,17-20H2,1-4H3/t21-,22+,29-/m0/s1. The Bertz CT molecular complexity index is 1700. The van der Waals surface area contributed by atoms with Crippen LogP contribution in [0.4, 0.5) is 4.39 Å². The number of aromatic nitrogens is 1. The molecule has 5 rings (SSSR count). The van der Waals surface area contributed by atoms with Crippen molar-refractivity contribution in [2.24, 2.45) is 13.0 Å². The van der Waals surface area contributed by atoms with E-state index in [-0.39, 0.29) is 43.0 Å². The van der Waals surface area contributed by atoms with Crippen molar-refractivity contribution < 1.29 is 27.4 Å². The van der Waals surface area contributed by atoms with Gasteiger partial charge in [0.05, 0.1) is 30.3 Å². The van der Waals surface area contributed by atoms with E-state index in [2.05, 4.69) is 0 Å². The number of aryl methyl sites for hydroxylation is 1. The molecule has 0 radical (unpaired) electrons. The number of hydrogen-bond acceptors (Lipinski definition) is 5. The minimum Gasteiger partial charge on any atom is -0.394 e. The number of aliphatic hydroxyl groups is 1. The summed E-state index contributed by atoms with van der Waals surface area (Å²) in [6.07, 6.45) is -0.600. The van der Waals surface area contributed by atoms with Crippen molar-refractivity contribution >= 4 is 26.8 Å². The van der Waals surface area contributed by atoms with Gasteiger partial charge in [0.15, 0.2) is 0 Å². The highest BCUT2D eigenvalue weighted by Gasteiger charge is 2.34. The summed E-state index contributed by atoms with van der Waals surface area (Å²) < 4.78 is 49.8. The zero-order valence-corrected chi connectivity index (χ0v) is 25.0. The van der Waals surface area contributed by atoms with Crippen LogP contribution in [0.3, 0.4) is 0 Å². The maximum absolute atomic E-state index is 14.4. The molecule has 10 heteroatoms. The van der Waals surface area contributed by atoms with Gasteiger partial charge in [0.1, 0.15) is 11.5 Å². The fourth-order valence-electron chi connectivity index (χ4n) is 5.66. The maximum atomic E-state index is 14.4. The molecule has 1 aromatic heterocycles. The van der Waals surface area contributed by atoms with E-state index in [1.54, 1.807) is 11.8 Å². The molecule has 42 heavy (non-hydrogen) atoms. The lowest BCUT2D eigenvalue weighted by atomic mass is 9.96. The van der Waals surface area contributed by atoms with E-state index in [0.29, 0.717) is 5.69 Å². The molecule has 0 bridgehead atoms. The van der Waals surface area contributed by atoms with Gasteiger partial charge >= 0.3 is 0 Å². The van der Waals surface area contributed by atoms with Crippen molar-refractivity contribution in [2.75, 3.05) is 26.7 Å². The van der Waals surface area contributed by atoms with E-state index >= 15 is 0 Å². The van der Waals surface area contributed by atoms with Crippen LogP contribution in [0.2, 0.25) is 0 Å². The monoisotopic (exact) mass is 593 g/mol. The number of nitrogens with zero attached hydrogens (tertiary/aromatic N) is 3. The van der Waals surface area contributed by atoms with Crippen LogP contribution in [0.1, 0.15) is 29.9 Å². The lowest BCUT2D eigenvalue weighted by molar-refractivity contribution is -0.0147. The minimum atomic E-state index is -3.93. The zero-order valence-electron chi connectivity index (χ0n) is 24.2. The van der Waals surface area contributed by atoms with Gasteiger partial charge in [-0.25, -0.2) is 12.8 Å². The van der Waals surface area contributed by atoms with Gasteiger partial charge in [-0.2, -0.15) is 4.31 Å². The number of ether oxygens (including phenoxy) is 1. The van der Waals surface area contributed by atoms with E-state index in [0.717, 1.165) is 39.7 Å². The van der Waals surface area contributed by atoms with Crippen molar-refractivity contribution in [1.29, 1.82) is 0 Å². The van der Waals surface area contributed by atoms with Gasteiger partial charge in [0, 0.05) is 49.6 Å². The molecule has 0 spiro atoms. The van der Waals surface area contributed by atoms with Gasteiger partial charge in [-0.1, -0.05) is 49.4 Å². The molecule has 3 atom stereocenters. The first-order chi connectivity index (χ1) is 20.0. The lowest BCUT2D eigenvalue weighted by Gasteiger charge is -2.35. The molecule has 0 fully saturated rings. The number of carbonyl (C=O) groups excluding carboxylic acids is 1. The first-order valence-corrected chi connectivity index (χ1v) is 15.4. The predicted molar refractivity (Wildman–Crippen MR) is 160 cm³/mol. The topological polar surface area (TPSA) is 92.1 Å². The number of fused-ring (bicyclic) bond motifs is 5. The highest BCUT2D eigenvalue weighted by molar-refractivity contribution is 7.89. The molecule has 0 saturated carbocycles. The Morgan fingerprint density at radius 1 is 1.07 bits per heavy atom. The molecule has 0 aliphatic carbocycles. The van der Waals surface area contributed by atoms with Gasteiger partial charge < -0.3 is 19.3 Å². The van der Waals surface area contributed by atoms with Gasteiger partial charge in [-0.15, -0.1) is 0 Å². The Labute approximate surface area is 246 Å². The third-order valence-electron chi connectivity index (χ3n) is 8.18. The predicted octanol–water partition coefficient (Wildman–Crippen LogP) is 4.66. The van der Waals surface area contributed by atoms with Crippen LogP contribution in [0.25, 0.3) is 22.0 Å². The summed E-state index contributed by atoms with van der Waals surface area (Å²) in [7, 11) is -0.587. The molecule has 0 saturated heterocycles. The van der Waals surface area contributed by atoms with Crippen LogP contribution in [-0.4, -0.2) is 72.1 Å². The molecule has 0 unspecified atom stereocenters. The summed E-state index contributed by atoms with van der Waals surface area (Å²) in [5, 5.41) is 11.1. The first kappa shape index (κ1) is 29.9. The molecule has 1 N–H and O–H groups in total. The average molecular weight is 594 g/mol. The minimum absolute atomic E-state index is 0.00839. The highest BCUT2D eigenvalue weighted by atomic mass is 32.2. The van der Waals surface area contributed by atoms with Crippen molar-refractivity contribution in [1.82, 2.24) is 13.8 Å². The quantitative estimate of drug-likeness (QED) is 0.351. The molecule has 222 valence electrons. The number of amides is 1. The van der Waals surface area contributed by atoms with E-state index in [1.165, 1.54) is 23.5 Å². The van der Waals surface area contributed by atoms with E-state index < -0.39 is 28.0 Å². The maximum Gasteiger partial charge on any atom is 0.271 e. The molecular formula is C32H36FN3O5S. The molecule has 2 heterocycles. The molecule has 1 amide bonds. The molecule has 4 aromatic rings. The van der Waals surface area contributed by atoms with Crippen molar-refractivity contribution in [3.8, 4) is 11.1 Å². The SMILES string of the molecule is C[C@H](CO)N1C[C@H](C)[C@H](CN(C)S(=O)(=O)c2ccc(F)cc2)OCc2ccccc2-c2c(n(C)c3ccccc23)C1=O. The van der Waals surface area contributed by atoms with Gasteiger partial charge in [-0.3, -0.25) is 4.79 Å². The molecule has 1 aliphatic rings. The Hall–Kier alpha value is -3.57. The summed E-state index contributed by atoms with van der Waals surface area (Å²) in [5.41, 5.74) is 3.96. The van der Waals surface area contributed by atoms with Gasteiger partial charge in [-0.05, 0) is 48.4 Å². The number of aliphatic hydroxyl groups excluding tert-OH is 1. The van der Waals surface area contributed by atoms with E-state index in [4.69, 9.17) is 4.74 Å². The first-order valence-electron chi connectivity index (χ1n) is 14.0. The van der Waals surface area contributed by atoms with E-state index in [9.17, 15) is 22.7 Å². The third kappa shape index (κ3) is 5.47. The van der Waals surface area contributed by atoms with Crippen molar-refractivity contribution in [3.05, 3.63) is 89.9 Å². The molecule has 1 aliphatic heterocycles. The number of likely N-dealkylation sites (N-methyl/N-ethyl adjacent to an activating group) is 1. The van der Waals surface area contributed by atoms with E-state index in [1.807, 2.05) is 67.1 Å². The second-order valence-corrected chi connectivity index (χ2v) is 13.1. The Morgan fingerprint density at radius 2 is 1.74 bits per heavy atom. The van der Waals surface area contributed by atoms with Crippen LogP contribution in [-0.2, 0) is 28.4 Å². The zero-order chi connectivity index (χ0) is 30.2. The summed E-state index contributed by atoms with van der Waals surface area (Å²) in [6.45, 7) is 3.91. The summed E-state index contributed by atoms with van der Waals surface area (Å²) in [4.78, 5) is 16.1. The summed E-state index contributed by atoms with van der Waals surface area (Å²) in [5.74, 6) is -1.05. The number of sulfonamides is 1. The Morgan fingerprint density at radius 3 is 2.45 bits per heavy atom. The number of benzene rings is 3. The van der Waals surface area contributed by atoms with Gasteiger partial charge in [0.25, 0.3) is 5.91 Å². The second-order valence-electron chi connectivity index (χ2n) is 11.0. The molecular weight excluding hydrogens is 557 g/mol. The summed E-state index contributed by atoms with van der Waals surface area (Å²) >= 11 is 0. The Balaban J connectivity index is 1.60. The van der Waals surface area contributed by atoms with Crippen molar-refractivity contribution in [3.63, 3.8) is 0 Å². The van der Waals surface area contributed by atoms with Crippen LogP contribution in [0.15, 0.2) is 77.7 Å².